The van der Waals surface area contributed by atoms with E-state index >= 15 is 0 Å². The predicted octanol–water partition coefficient (Wildman–Crippen LogP) is 2.45. The number of aromatic nitrogens is 1. The van der Waals surface area contributed by atoms with Crippen LogP contribution < -0.4 is 0 Å². The molecule has 0 atom stereocenters. The van der Waals surface area contributed by atoms with Crippen LogP contribution in [0.2, 0.25) is 0 Å². The van der Waals surface area contributed by atoms with Crippen molar-refractivity contribution in [2.45, 2.75) is 0 Å². The van der Waals surface area contributed by atoms with Gasteiger partial charge < -0.3 is 4.57 Å². The van der Waals surface area contributed by atoms with Crippen LogP contribution in [-0.2, 0) is 0 Å². The molecular formula is C8H6N2O2S. The highest BCUT2D eigenvalue weighted by Crippen LogP contribution is 2.28. The molecular weight excluding hydrogens is 188 g/mol. The summed E-state index contributed by atoms with van der Waals surface area (Å²) < 4.78 is 1.74. The van der Waals surface area contributed by atoms with Crippen LogP contribution in [0.1, 0.15) is 0 Å². The Kier molecular flexibility index (Phi) is 1.86. The molecule has 0 fully saturated rings. The SMILES string of the molecule is O=[N+]([O-])c1ccsc1-n1cccc1. The van der Waals surface area contributed by atoms with Crippen molar-refractivity contribution in [1.29, 1.82) is 0 Å². The molecule has 0 aliphatic rings. The van der Waals surface area contributed by atoms with Gasteiger partial charge in [0.25, 0.3) is 0 Å². The van der Waals surface area contributed by atoms with Crippen molar-refractivity contribution in [3.63, 3.8) is 0 Å². The smallest absolute Gasteiger partial charge is 0.304 e. The van der Waals surface area contributed by atoms with Crippen molar-refractivity contribution in [2.24, 2.45) is 0 Å². The molecule has 4 nitrogen and oxygen atoms in total. The van der Waals surface area contributed by atoms with Crippen molar-refractivity contribution in [3.05, 3.63) is 46.1 Å². The predicted molar refractivity (Wildman–Crippen MR) is 50.3 cm³/mol. The Bertz CT molecular complexity index is 419. The minimum Gasteiger partial charge on any atom is -0.310 e. The molecule has 2 heterocycles. The Morgan fingerprint density at radius 2 is 2.08 bits per heavy atom. The maximum absolute atomic E-state index is 10.6. The number of rotatable bonds is 2. The summed E-state index contributed by atoms with van der Waals surface area (Å²) in [6.07, 6.45) is 3.58. The Labute approximate surface area is 78.2 Å². The molecule has 0 bridgehead atoms. The molecule has 0 radical (unpaired) electrons. The summed E-state index contributed by atoms with van der Waals surface area (Å²) in [6.45, 7) is 0. The van der Waals surface area contributed by atoms with E-state index < -0.39 is 0 Å². The second kappa shape index (κ2) is 3.02. The molecule has 0 aliphatic carbocycles. The standard InChI is InChI=1S/C8H6N2O2S/c11-10(12)7-3-6-13-8(7)9-4-1-2-5-9/h1-6H. The molecule has 0 aliphatic heterocycles. The molecule has 0 unspecified atom stereocenters. The topological polar surface area (TPSA) is 48.1 Å². The molecule has 2 aromatic rings. The first kappa shape index (κ1) is 8.00. The van der Waals surface area contributed by atoms with Gasteiger partial charge in [-0.05, 0) is 17.5 Å². The van der Waals surface area contributed by atoms with Crippen LogP contribution in [0.5, 0.6) is 0 Å². The molecule has 2 rings (SSSR count). The fourth-order valence-corrected chi connectivity index (χ4v) is 1.93. The van der Waals surface area contributed by atoms with E-state index in [2.05, 4.69) is 0 Å². The van der Waals surface area contributed by atoms with Crippen LogP contribution in [0.3, 0.4) is 0 Å². The van der Waals surface area contributed by atoms with Gasteiger partial charge in [0.15, 0.2) is 5.00 Å². The summed E-state index contributed by atoms with van der Waals surface area (Å²) >= 11 is 1.36. The van der Waals surface area contributed by atoms with Gasteiger partial charge in [0.05, 0.1) is 4.92 Å². The van der Waals surface area contributed by atoms with E-state index in [1.807, 2.05) is 12.1 Å². The van der Waals surface area contributed by atoms with Crippen molar-refractivity contribution in [2.75, 3.05) is 0 Å². The second-order valence-corrected chi connectivity index (χ2v) is 3.35. The van der Waals surface area contributed by atoms with E-state index in [4.69, 9.17) is 0 Å². The van der Waals surface area contributed by atoms with Gasteiger partial charge in [0.1, 0.15) is 0 Å². The first-order valence-corrected chi connectivity index (χ1v) is 4.52. The third kappa shape index (κ3) is 1.33. The highest BCUT2D eigenvalue weighted by atomic mass is 32.1. The summed E-state index contributed by atoms with van der Waals surface area (Å²) in [4.78, 5) is 10.2. The summed E-state index contributed by atoms with van der Waals surface area (Å²) in [7, 11) is 0. The summed E-state index contributed by atoms with van der Waals surface area (Å²) in [5.74, 6) is 0. The summed E-state index contributed by atoms with van der Waals surface area (Å²) in [5, 5.41) is 12.9. The Hall–Kier alpha value is -1.62. The summed E-state index contributed by atoms with van der Waals surface area (Å²) in [5.41, 5.74) is 0.154. The van der Waals surface area contributed by atoms with Crippen molar-refractivity contribution < 1.29 is 4.92 Å². The van der Waals surface area contributed by atoms with Gasteiger partial charge in [-0.1, -0.05) is 0 Å². The highest BCUT2D eigenvalue weighted by molar-refractivity contribution is 7.13. The minimum absolute atomic E-state index is 0.154. The fourth-order valence-electron chi connectivity index (χ4n) is 1.10. The van der Waals surface area contributed by atoms with Gasteiger partial charge >= 0.3 is 5.69 Å². The minimum atomic E-state index is -0.369. The molecule has 66 valence electrons. The Balaban J connectivity index is 2.52. The maximum atomic E-state index is 10.6. The van der Waals surface area contributed by atoms with Crippen LogP contribution in [0.4, 0.5) is 5.69 Å². The third-order valence-electron chi connectivity index (χ3n) is 1.66. The van der Waals surface area contributed by atoms with E-state index in [-0.39, 0.29) is 10.6 Å². The van der Waals surface area contributed by atoms with E-state index in [0.29, 0.717) is 5.00 Å². The lowest BCUT2D eigenvalue weighted by Gasteiger charge is -1.96. The molecule has 0 spiro atoms. The molecule has 0 saturated carbocycles. The van der Waals surface area contributed by atoms with Gasteiger partial charge in [-0.2, -0.15) is 0 Å². The summed E-state index contributed by atoms with van der Waals surface area (Å²) in [6, 6.07) is 5.19. The average molecular weight is 194 g/mol. The van der Waals surface area contributed by atoms with E-state index in [1.165, 1.54) is 17.4 Å². The Morgan fingerprint density at radius 3 is 2.69 bits per heavy atom. The monoisotopic (exact) mass is 194 g/mol. The third-order valence-corrected chi connectivity index (χ3v) is 2.58. The lowest BCUT2D eigenvalue weighted by molar-refractivity contribution is -0.384. The average Bonchev–Trinajstić information content (AvgIpc) is 2.74. The number of nitro groups is 1. The van der Waals surface area contributed by atoms with Gasteiger partial charge in [-0.3, -0.25) is 10.1 Å². The molecule has 2 aromatic heterocycles. The number of thiophene rings is 1. The van der Waals surface area contributed by atoms with E-state index in [0.717, 1.165) is 0 Å². The van der Waals surface area contributed by atoms with Crippen molar-refractivity contribution >= 4 is 17.0 Å². The Morgan fingerprint density at radius 1 is 1.38 bits per heavy atom. The molecule has 0 amide bonds. The highest BCUT2D eigenvalue weighted by Gasteiger charge is 2.15. The van der Waals surface area contributed by atoms with Crippen molar-refractivity contribution in [1.82, 2.24) is 4.57 Å². The van der Waals surface area contributed by atoms with Crippen LogP contribution in [-0.4, -0.2) is 9.49 Å². The largest absolute Gasteiger partial charge is 0.310 e. The quantitative estimate of drug-likeness (QED) is 0.544. The van der Waals surface area contributed by atoms with Crippen molar-refractivity contribution in [3.8, 4) is 5.00 Å². The van der Waals surface area contributed by atoms with E-state index in [9.17, 15) is 10.1 Å². The second-order valence-electron chi connectivity index (χ2n) is 2.46. The van der Waals surface area contributed by atoms with Crippen LogP contribution in [0.25, 0.3) is 5.00 Å². The van der Waals surface area contributed by atoms with Crippen LogP contribution in [0, 0.1) is 10.1 Å². The van der Waals surface area contributed by atoms with Crippen LogP contribution >= 0.6 is 11.3 Å². The number of hydrogen-bond donors (Lipinski definition) is 0. The maximum Gasteiger partial charge on any atom is 0.304 e. The van der Waals surface area contributed by atoms with Gasteiger partial charge in [0, 0.05) is 18.5 Å². The first-order chi connectivity index (χ1) is 6.29. The normalized spacial score (nSPS) is 10.2. The lowest BCUT2D eigenvalue weighted by Crippen LogP contribution is -1.92. The van der Waals surface area contributed by atoms with Crippen LogP contribution in [0.15, 0.2) is 36.0 Å². The molecule has 0 saturated heterocycles. The fraction of sp³-hybridized carbons (Fsp3) is 0. The first-order valence-electron chi connectivity index (χ1n) is 3.64. The van der Waals surface area contributed by atoms with Gasteiger partial charge in [-0.15, -0.1) is 11.3 Å². The number of nitrogens with zero attached hydrogens (tertiary/aromatic N) is 2. The van der Waals surface area contributed by atoms with Gasteiger partial charge in [0.2, 0.25) is 0 Å². The lowest BCUT2D eigenvalue weighted by atomic mass is 10.5. The zero-order chi connectivity index (χ0) is 9.26. The molecule has 0 aromatic carbocycles. The molecule has 13 heavy (non-hydrogen) atoms. The zero-order valence-corrected chi connectivity index (χ0v) is 7.40. The molecule has 0 N–H and O–H groups in total. The molecule has 5 heteroatoms. The number of hydrogen-bond acceptors (Lipinski definition) is 3. The zero-order valence-electron chi connectivity index (χ0n) is 6.58. The van der Waals surface area contributed by atoms with Gasteiger partial charge in [-0.25, -0.2) is 0 Å². The van der Waals surface area contributed by atoms with E-state index in [1.54, 1.807) is 22.3 Å².